The number of unbranched alkanes of at least 4 members (excludes halogenated alkanes) is 1. The molecule has 12 heteroatoms. The Morgan fingerprint density at radius 3 is 2.13 bits per heavy atom. The molecule has 2 amide bonds. The van der Waals surface area contributed by atoms with Crippen molar-refractivity contribution >= 4 is 40.8 Å². The van der Waals surface area contributed by atoms with E-state index in [0.717, 1.165) is 83.9 Å². The Balaban J connectivity index is 0.000000266. The van der Waals surface area contributed by atoms with E-state index in [4.69, 9.17) is 31.0 Å². The first kappa shape index (κ1) is 42.6. The number of nitrogens with one attached hydrogen (secondary N) is 2. The number of hydrogen-bond acceptors (Lipinski definition) is 8. The maximum absolute atomic E-state index is 12.5. The van der Waals surface area contributed by atoms with Crippen LogP contribution in [0.25, 0.3) is 22.3 Å². The highest BCUT2D eigenvalue weighted by Crippen LogP contribution is 2.31. The third-order valence-corrected chi connectivity index (χ3v) is 8.52. The number of hydrogen-bond donors (Lipinski definition) is 3. The number of carbonyl (C=O) groups excluding carboxylic acids is 2. The summed E-state index contributed by atoms with van der Waals surface area (Å²) in [6.45, 7) is 5.17. The molecule has 1 aliphatic carbocycles. The first-order valence-corrected chi connectivity index (χ1v) is 17.9. The predicted octanol–water partition coefficient (Wildman–Crippen LogP) is 10.0. The van der Waals surface area contributed by atoms with Gasteiger partial charge in [0.1, 0.15) is 5.75 Å². The Hall–Kier alpha value is -5.81. The number of benzene rings is 3. The summed E-state index contributed by atoms with van der Waals surface area (Å²) in [5.74, 6) is 0.316. The number of nitroso groups, excluding NO2 is 1. The number of pyridine rings is 1. The first-order valence-electron chi connectivity index (χ1n) is 17.5. The number of anilines is 2. The van der Waals surface area contributed by atoms with Crippen LogP contribution in [-0.2, 0) is 14.4 Å². The molecule has 1 aromatic heterocycles. The van der Waals surface area contributed by atoms with Gasteiger partial charge in [0.2, 0.25) is 5.88 Å². The van der Waals surface area contributed by atoms with Crippen LogP contribution in [0.1, 0.15) is 57.9 Å². The molecule has 0 atom stereocenters. The maximum Gasteiger partial charge on any atom is 0.300 e. The monoisotopic (exact) mass is 754 g/mol. The van der Waals surface area contributed by atoms with Gasteiger partial charge < -0.3 is 25.2 Å². The summed E-state index contributed by atoms with van der Waals surface area (Å²) in [4.78, 5) is 48.2. The zero-order chi connectivity index (χ0) is 39.5. The highest BCUT2D eigenvalue weighted by molar-refractivity contribution is 6.33. The van der Waals surface area contributed by atoms with Gasteiger partial charge in [-0.25, -0.2) is 4.98 Å². The Morgan fingerprint density at radius 1 is 0.926 bits per heavy atom. The van der Waals surface area contributed by atoms with Crippen LogP contribution in [-0.4, -0.2) is 48.6 Å². The number of ether oxygens (including phenoxy) is 2. The molecule has 11 nitrogen and oxygen atoms in total. The van der Waals surface area contributed by atoms with Crippen LogP contribution in [0.4, 0.5) is 11.4 Å². The number of methoxy groups -OCH3 is 2. The number of carbonyl (C=O) groups is 3. The van der Waals surface area contributed by atoms with Crippen molar-refractivity contribution in [1.82, 2.24) is 4.98 Å². The molecule has 284 valence electrons. The van der Waals surface area contributed by atoms with E-state index < -0.39 is 5.97 Å². The van der Waals surface area contributed by atoms with Crippen LogP contribution in [0, 0.1) is 11.8 Å². The SMILES string of the molecule is CC(=O)O.CCCC/C(=C/CN=O)C(=O)Nc1ccc(-c2ccc(OC)nc2)c(Cl)c1.COc1ccc(-c2ccc(NC(=O)C3=CCCC3)cc2C)cc1. The van der Waals surface area contributed by atoms with Crippen molar-refractivity contribution in [3.05, 3.63) is 118 Å². The molecular formula is C42H47ClN4O7. The van der Waals surface area contributed by atoms with E-state index in [0.29, 0.717) is 28.6 Å². The molecular weight excluding hydrogens is 708 g/mol. The van der Waals surface area contributed by atoms with Gasteiger partial charge in [-0.15, -0.1) is 0 Å². The van der Waals surface area contributed by atoms with Crippen LogP contribution in [0.3, 0.4) is 0 Å². The van der Waals surface area contributed by atoms with E-state index >= 15 is 0 Å². The van der Waals surface area contributed by atoms with Crippen molar-refractivity contribution in [3.63, 3.8) is 0 Å². The van der Waals surface area contributed by atoms with Gasteiger partial charge in [-0.2, -0.15) is 4.91 Å². The smallest absolute Gasteiger partial charge is 0.300 e. The van der Waals surface area contributed by atoms with E-state index in [2.05, 4.69) is 33.8 Å². The minimum atomic E-state index is -0.833. The van der Waals surface area contributed by atoms with Crippen LogP contribution >= 0.6 is 11.6 Å². The van der Waals surface area contributed by atoms with Gasteiger partial charge in [0.05, 0.1) is 25.8 Å². The number of allylic oxidation sites excluding steroid dienone is 1. The zero-order valence-corrected chi connectivity index (χ0v) is 32.0. The highest BCUT2D eigenvalue weighted by atomic mass is 35.5. The van der Waals surface area contributed by atoms with E-state index in [1.54, 1.807) is 44.7 Å². The minimum Gasteiger partial charge on any atom is -0.497 e. The number of carboxylic acids is 1. The Morgan fingerprint density at radius 2 is 1.59 bits per heavy atom. The Labute approximate surface area is 321 Å². The first-order chi connectivity index (χ1) is 26.0. The lowest BCUT2D eigenvalue weighted by molar-refractivity contribution is -0.134. The van der Waals surface area contributed by atoms with Crippen LogP contribution in [0.5, 0.6) is 11.6 Å². The van der Waals surface area contributed by atoms with Crippen LogP contribution in [0.15, 0.2) is 107 Å². The second-order valence-corrected chi connectivity index (χ2v) is 12.6. The van der Waals surface area contributed by atoms with E-state index in [1.807, 2.05) is 61.5 Å². The summed E-state index contributed by atoms with van der Waals surface area (Å²) in [6, 6.07) is 22.9. The zero-order valence-electron chi connectivity index (χ0n) is 31.3. The van der Waals surface area contributed by atoms with Gasteiger partial charge in [0.25, 0.3) is 17.8 Å². The van der Waals surface area contributed by atoms with Crippen LogP contribution in [0.2, 0.25) is 5.02 Å². The molecule has 0 aliphatic heterocycles. The van der Waals surface area contributed by atoms with Gasteiger partial charge in [0.15, 0.2) is 0 Å². The van der Waals surface area contributed by atoms with E-state index in [-0.39, 0.29) is 18.4 Å². The standard InChI is InChI=1S/C20H22ClN3O3.C20H21NO2.C2H4O2/c1-3-4-5-14(10-11-23-26)20(25)24-16-7-8-17(18(21)12-16)15-6-9-19(27-2)22-13-15;1-14-13-17(21-20(22)16-5-3-4-6-16)9-12-19(14)15-7-10-18(23-2)11-8-15;1-2(3)4/h6-10,12-13H,3-5,11H2,1-2H3,(H,24,25);5,7-13H,3-4,6H2,1-2H3,(H,21,22);1H3,(H,3,4)/b14-10-;;. The molecule has 5 rings (SSSR count). The second-order valence-electron chi connectivity index (χ2n) is 12.2. The topological polar surface area (TPSA) is 156 Å². The minimum absolute atomic E-state index is 0.0172. The number of halogens is 1. The maximum atomic E-state index is 12.5. The molecule has 0 radical (unpaired) electrons. The fourth-order valence-electron chi connectivity index (χ4n) is 5.45. The molecule has 0 fully saturated rings. The van der Waals surface area contributed by atoms with Crippen molar-refractivity contribution in [2.45, 2.75) is 59.3 Å². The van der Waals surface area contributed by atoms with Crippen molar-refractivity contribution in [2.24, 2.45) is 5.18 Å². The summed E-state index contributed by atoms with van der Waals surface area (Å²) < 4.78 is 10.2. The molecule has 1 aliphatic rings. The number of amides is 2. The second kappa shape index (κ2) is 22.3. The van der Waals surface area contributed by atoms with Crippen molar-refractivity contribution in [2.75, 3.05) is 31.4 Å². The van der Waals surface area contributed by atoms with Gasteiger partial charge >= 0.3 is 0 Å². The highest BCUT2D eigenvalue weighted by Gasteiger charge is 2.14. The molecule has 0 spiro atoms. The normalized spacial score (nSPS) is 11.8. The molecule has 0 saturated heterocycles. The lowest BCUT2D eigenvalue weighted by Gasteiger charge is -2.11. The molecule has 0 bridgehead atoms. The van der Waals surface area contributed by atoms with Crippen molar-refractivity contribution in [1.29, 1.82) is 0 Å². The lowest BCUT2D eigenvalue weighted by Crippen LogP contribution is -2.15. The van der Waals surface area contributed by atoms with Gasteiger partial charge in [-0.1, -0.05) is 66.5 Å². The summed E-state index contributed by atoms with van der Waals surface area (Å²) in [5.41, 5.74) is 7.96. The number of rotatable bonds is 13. The number of nitrogens with zero attached hydrogens (tertiary/aromatic N) is 2. The lowest BCUT2D eigenvalue weighted by atomic mass is 10.00. The quantitative estimate of drug-likeness (QED) is 0.0899. The van der Waals surface area contributed by atoms with Gasteiger partial charge in [0, 0.05) is 52.8 Å². The van der Waals surface area contributed by atoms with Gasteiger partial charge in [-0.3, -0.25) is 14.4 Å². The van der Waals surface area contributed by atoms with Crippen molar-refractivity contribution < 1.29 is 29.0 Å². The number of aliphatic carboxylic acids is 1. The predicted molar refractivity (Wildman–Crippen MR) is 215 cm³/mol. The molecule has 1 heterocycles. The third-order valence-electron chi connectivity index (χ3n) is 8.20. The summed E-state index contributed by atoms with van der Waals surface area (Å²) >= 11 is 6.39. The molecule has 3 N–H and O–H groups in total. The fourth-order valence-corrected chi connectivity index (χ4v) is 5.74. The molecule has 0 saturated carbocycles. The average Bonchev–Trinajstić information content (AvgIpc) is 3.71. The van der Waals surface area contributed by atoms with Crippen LogP contribution < -0.4 is 20.1 Å². The average molecular weight is 755 g/mol. The number of aryl methyl sites for hydroxylation is 1. The summed E-state index contributed by atoms with van der Waals surface area (Å²) in [6.07, 6.45) is 10.7. The summed E-state index contributed by atoms with van der Waals surface area (Å²) in [7, 11) is 3.22. The number of carboxylic acid groups (broad SMARTS) is 1. The molecule has 54 heavy (non-hydrogen) atoms. The number of aromatic nitrogens is 1. The summed E-state index contributed by atoms with van der Waals surface area (Å²) in [5, 5.41) is 16.5. The Kier molecular flexibility index (Phi) is 17.6. The van der Waals surface area contributed by atoms with E-state index in [1.165, 1.54) is 0 Å². The van der Waals surface area contributed by atoms with Crippen molar-refractivity contribution in [3.8, 4) is 33.9 Å². The molecule has 0 unspecified atom stereocenters. The molecule has 4 aromatic rings. The largest absolute Gasteiger partial charge is 0.497 e. The molecule has 3 aromatic carbocycles. The fraction of sp³-hybridized carbons (Fsp3) is 0.286. The Bertz CT molecular complexity index is 1940. The third kappa shape index (κ3) is 13.6. The van der Waals surface area contributed by atoms with E-state index in [9.17, 15) is 14.5 Å². The van der Waals surface area contributed by atoms with Gasteiger partial charge in [-0.05, 0) is 98.2 Å².